The van der Waals surface area contributed by atoms with Gasteiger partial charge in [-0.25, -0.2) is 9.59 Å². The molecule has 3 rings (SSSR count). The van der Waals surface area contributed by atoms with Gasteiger partial charge in [-0.2, -0.15) is 0 Å². The first-order valence-electron chi connectivity index (χ1n) is 9.68. The van der Waals surface area contributed by atoms with Crippen LogP contribution in [0, 0.1) is 5.41 Å². The lowest BCUT2D eigenvalue weighted by atomic mass is 9.99. The summed E-state index contributed by atoms with van der Waals surface area (Å²) in [6.45, 7) is 15.7. The number of hydrogen-bond donors (Lipinski definition) is 1. The highest BCUT2D eigenvalue weighted by Gasteiger charge is 2.57. The number of nitrogens with one attached hydrogen (secondary N) is 1. The Kier molecular flexibility index (Phi) is 5.10. The maximum Gasteiger partial charge on any atom is 0.410 e. The number of ether oxygens (including phenoxy) is 1. The smallest absolute Gasteiger partial charge is 0.410 e. The van der Waals surface area contributed by atoms with Crippen LogP contribution in [0.4, 0.5) is 9.59 Å². The fourth-order valence-electron chi connectivity index (χ4n) is 3.95. The molecule has 2 fully saturated rings. The standard InChI is InChI=1S/C21H31N3O3/c1-6-15-8-11-23(12-16(15)7-2)18(25)22-17-13-24(14-21(17)9-10-21)19(26)27-20(3,4)5/h6-7,17H,1-2,8-14H2,3-5H3,(H,22,25). The molecule has 6 nitrogen and oxygen atoms in total. The third-order valence-corrected chi connectivity index (χ3v) is 5.69. The number of carbonyl (C=O) groups excluding carboxylic acids is 2. The summed E-state index contributed by atoms with van der Waals surface area (Å²) in [4.78, 5) is 28.8. The van der Waals surface area contributed by atoms with Gasteiger partial charge < -0.3 is 19.9 Å². The molecule has 1 unspecified atom stereocenters. The highest BCUT2D eigenvalue weighted by atomic mass is 16.6. The first-order chi connectivity index (χ1) is 12.7. The van der Waals surface area contributed by atoms with E-state index in [1.807, 2.05) is 31.7 Å². The summed E-state index contributed by atoms with van der Waals surface area (Å²) in [7, 11) is 0. The van der Waals surface area contributed by atoms with E-state index in [9.17, 15) is 9.59 Å². The summed E-state index contributed by atoms with van der Waals surface area (Å²) < 4.78 is 5.50. The molecule has 0 aromatic carbocycles. The monoisotopic (exact) mass is 373 g/mol. The minimum absolute atomic E-state index is 0.0190. The number of carbonyl (C=O) groups is 2. The topological polar surface area (TPSA) is 61.9 Å². The maximum atomic E-state index is 12.8. The van der Waals surface area contributed by atoms with Crippen LogP contribution in [0.2, 0.25) is 0 Å². The summed E-state index contributed by atoms with van der Waals surface area (Å²) in [6, 6.07) is -0.0887. The average Bonchev–Trinajstić information content (AvgIpc) is 3.29. The van der Waals surface area contributed by atoms with E-state index < -0.39 is 5.60 Å². The molecular weight excluding hydrogens is 342 g/mol. The van der Waals surface area contributed by atoms with Crippen molar-refractivity contribution in [1.29, 1.82) is 0 Å². The summed E-state index contributed by atoms with van der Waals surface area (Å²) in [5, 5.41) is 3.18. The van der Waals surface area contributed by atoms with Crippen molar-refractivity contribution < 1.29 is 14.3 Å². The zero-order valence-electron chi connectivity index (χ0n) is 16.7. The molecule has 0 radical (unpaired) electrons. The second-order valence-electron chi connectivity index (χ2n) is 8.86. The van der Waals surface area contributed by atoms with Crippen molar-refractivity contribution >= 4 is 12.1 Å². The zero-order valence-corrected chi connectivity index (χ0v) is 16.7. The van der Waals surface area contributed by atoms with Crippen LogP contribution in [0.25, 0.3) is 0 Å². The highest BCUT2D eigenvalue weighted by Crippen LogP contribution is 2.53. The third-order valence-electron chi connectivity index (χ3n) is 5.69. The van der Waals surface area contributed by atoms with Crippen LogP contribution in [-0.4, -0.2) is 59.7 Å². The Morgan fingerprint density at radius 3 is 2.41 bits per heavy atom. The predicted octanol–water partition coefficient (Wildman–Crippen LogP) is 3.47. The lowest BCUT2D eigenvalue weighted by Gasteiger charge is -2.31. The number of hydrogen-bond acceptors (Lipinski definition) is 3. The Balaban J connectivity index is 1.62. The Morgan fingerprint density at radius 1 is 1.19 bits per heavy atom. The van der Waals surface area contributed by atoms with Crippen LogP contribution in [0.15, 0.2) is 36.5 Å². The van der Waals surface area contributed by atoms with E-state index in [-0.39, 0.29) is 23.6 Å². The van der Waals surface area contributed by atoms with Crippen LogP contribution in [-0.2, 0) is 4.74 Å². The van der Waals surface area contributed by atoms with E-state index in [1.165, 1.54) is 0 Å². The number of nitrogens with zero attached hydrogens (tertiary/aromatic N) is 2. The summed E-state index contributed by atoms with van der Waals surface area (Å²) >= 11 is 0. The zero-order chi connectivity index (χ0) is 19.8. The van der Waals surface area contributed by atoms with Crippen molar-refractivity contribution in [3.63, 3.8) is 0 Å². The molecule has 6 heteroatoms. The Hall–Kier alpha value is -2.24. The number of rotatable bonds is 3. The number of amides is 3. The third kappa shape index (κ3) is 4.20. The molecule has 1 N–H and O–H groups in total. The average molecular weight is 373 g/mol. The minimum Gasteiger partial charge on any atom is -0.444 e. The Morgan fingerprint density at radius 2 is 1.85 bits per heavy atom. The van der Waals surface area contributed by atoms with Gasteiger partial charge in [-0.1, -0.05) is 25.3 Å². The fourth-order valence-corrected chi connectivity index (χ4v) is 3.95. The molecule has 1 atom stereocenters. The van der Waals surface area contributed by atoms with Gasteiger partial charge >= 0.3 is 12.1 Å². The van der Waals surface area contributed by atoms with Crippen LogP contribution >= 0.6 is 0 Å². The van der Waals surface area contributed by atoms with Crippen molar-refractivity contribution in [2.24, 2.45) is 5.41 Å². The Bertz CT molecular complexity index is 685. The SMILES string of the molecule is C=CC1=C(C=C)CN(C(=O)NC2CN(C(=O)OC(C)(C)C)CC23CC3)CC1. The van der Waals surface area contributed by atoms with Crippen molar-refractivity contribution in [1.82, 2.24) is 15.1 Å². The number of urea groups is 1. The van der Waals surface area contributed by atoms with Crippen LogP contribution < -0.4 is 5.32 Å². The van der Waals surface area contributed by atoms with Gasteiger partial charge in [0.25, 0.3) is 0 Å². The van der Waals surface area contributed by atoms with Gasteiger partial charge in [0.05, 0.1) is 6.04 Å². The van der Waals surface area contributed by atoms with Gasteiger partial charge in [-0.3, -0.25) is 0 Å². The van der Waals surface area contributed by atoms with Crippen LogP contribution in [0.3, 0.4) is 0 Å². The van der Waals surface area contributed by atoms with Crippen molar-refractivity contribution in [3.8, 4) is 0 Å². The molecule has 2 aliphatic heterocycles. The predicted molar refractivity (Wildman–Crippen MR) is 105 cm³/mol. The van der Waals surface area contributed by atoms with E-state index in [0.29, 0.717) is 26.2 Å². The van der Waals surface area contributed by atoms with Crippen LogP contribution in [0.1, 0.15) is 40.0 Å². The lowest BCUT2D eigenvalue weighted by Crippen LogP contribution is -2.50. The number of allylic oxidation sites excluding steroid dienone is 1. The molecule has 1 saturated heterocycles. The lowest BCUT2D eigenvalue weighted by molar-refractivity contribution is 0.0283. The molecular formula is C21H31N3O3. The molecule has 0 aromatic rings. The molecule has 1 spiro atoms. The number of likely N-dealkylation sites (tertiary alicyclic amines) is 1. The molecule has 2 heterocycles. The van der Waals surface area contributed by atoms with Crippen molar-refractivity contribution in [3.05, 3.63) is 36.5 Å². The van der Waals surface area contributed by atoms with Gasteiger partial charge in [0, 0.05) is 31.6 Å². The minimum atomic E-state index is -0.515. The summed E-state index contributed by atoms with van der Waals surface area (Å²) in [5.41, 5.74) is 1.71. The Labute approximate surface area is 161 Å². The van der Waals surface area contributed by atoms with Gasteiger partial charge in [0.15, 0.2) is 0 Å². The van der Waals surface area contributed by atoms with Crippen molar-refractivity contribution in [2.45, 2.75) is 51.7 Å². The van der Waals surface area contributed by atoms with Crippen molar-refractivity contribution in [2.75, 3.05) is 26.2 Å². The van der Waals surface area contributed by atoms with E-state index in [2.05, 4.69) is 18.5 Å². The molecule has 3 amide bonds. The molecule has 0 aromatic heterocycles. The van der Waals surface area contributed by atoms with E-state index >= 15 is 0 Å². The molecule has 1 saturated carbocycles. The largest absolute Gasteiger partial charge is 0.444 e. The van der Waals surface area contributed by atoms with Gasteiger partial charge in [0.1, 0.15) is 5.60 Å². The van der Waals surface area contributed by atoms with E-state index in [0.717, 1.165) is 30.4 Å². The second-order valence-corrected chi connectivity index (χ2v) is 8.86. The van der Waals surface area contributed by atoms with E-state index in [4.69, 9.17) is 4.74 Å². The van der Waals surface area contributed by atoms with Gasteiger partial charge in [-0.15, -0.1) is 0 Å². The van der Waals surface area contributed by atoms with Gasteiger partial charge in [0.2, 0.25) is 0 Å². The second kappa shape index (κ2) is 7.06. The molecule has 148 valence electrons. The first kappa shape index (κ1) is 19.5. The van der Waals surface area contributed by atoms with E-state index in [1.54, 1.807) is 11.0 Å². The fraction of sp³-hybridized carbons (Fsp3) is 0.619. The van der Waals surface area contributed by atoms with Gasteiger partial charge in [-0.05, 0) is 51.2 Å². The maximum absolute atomic E-state index is 12.8. The quantitative estimate of drug-likeness (QED) is 0.824. The molecule has 3 aliphatic rings. The summed E-state index contributed by atoms with van der Waals surface area (Å²) in [5.74, 6) is 0. The normalized spacial score (nSPS) is 24.0. The molecule has 1 aliphatic carbocycles. The molecule has 27 heavy (non-hydrogen) atoms. The summed E-state index contributed by atoms with van der Waals surface area (Å²) in [6.07, 6.45) is 6.22. The highest BCUT2D eigenvalue weighted by molar-refractivity contribution is 5.76. The molecule has 0 bridgehead atoms. The van der Waals surface area contributed by atoms with Crippen LogP contribution in [0.5, 0.6) is 0 Å². The first-order valence-corrected chi connectivity index (χ1v) is 9.68.